The van der Waals surface area contributed by atoms with Crippen molar-refractivity contribution < 1.29 is 9.90 Å². The minimum absolute atomic E-state index is 0.0203. The Bertz CT molecular complexity index is 422. The number of piperidine rings is 1. The van der Waals surface area contributed by atoms with Crippen LogP contribution in [0.2, 0.25) is 0 Å². The van der Waals surface area contributed by atoms with Crippen LogP contribution in [-0.2, 0) is 4.79 Å². The third-order valence-electron chi connectivity index (χ3n) is 5.73. The third kappa shape index (κ3) is 3.33. The molecule has 0 aromatic heterocycles. The molecule has 1 aliphatic heterocycles. The average molecular weight is 293 g/mol. The monoisotopic (exact) mass is 293 g/mol. The van der Waals surface area contributed by atoms with Crippen molar-refractivity contribution >= 4 is 5.97 Å². The molecule has 0 unspecified atom stereocenters. The van der Waals surface area contributed by atoms with Crippen molar-refractivity contribution in [3.05, 3.63) is 11.1 Å². The Hall–Kier alpha value is -0.830. The van der Waals surface area contributed by atoms with E-state index in [2.05, 4.69) is 39.6 Å². The Morgan fingerprint density at radius 1 is 1.05 bits per heavy atom. The third-order valence-corrected chi connectivity index (χ3v) is 5.73. The smallest absolute Gasteiger partial charge is 0.331 e. The number of carboxylic acids is 1. The lowest BCUT2D eigenvalue weighted by atomic mass is 9.72. The molecule has 2 fully saturated rings. The highest BCUT2D eigenvalue weighted by molar-refractivity contribution is 5.88. The van der Waals surface area contributed by atoms with Gasteiger partial charge in [-0.2, -0.15) is 0 Å². The van der Waals surface area contributed by atoms with Gasteiger partial charge in [0, 0.05) is 16.7 Å². The minimum Gasteiger partial charge on any atom is -0.478 e. The quantitative estimate of drug-likeness (QED) is 0.775. The van der Waals surface area contributed by atoms with E-state index in [1.54, 1.807) is 0 Å². The summed E-state index contributed by atoms with van der Waals surface area (Å²) < 4.78 is 0. The zero-order valence-corrected chi connectivity index (χ0v) is 14.3. The number of carboxylic acid groups (broad SMARTS) is 1. The van der Waals surface area contributed by atoms with Crippen LogP contribution in [0.25, 0.3) is 0 Å². The normalized spacial score (nSPS) is 26.6. The maximum Gasteiger partial charge on any atom is 0.331 e. The maximum absolute atomic E-state index is 11.9. The topological polar surface area (TPSA) is 40.5 Å². The molecule has 1 heterocycles. The number of hydrogen-bond acceptors (Lipinski definition) is 2. The fraction of sp³-hybridized carbons (Fsp3) is 0.833. The SMILES string of the molecule is CN1C(C)(C)CC(=C(C(=O)O)C2CCCCC2)CC1(C)C. The van der Waals surface area contributed by atoms with E-state index in [1.807, 2.05) is 0 Å². The second kappa shape index (κ2) is 5.75. The van der Waals surface area contributed by atoms with E-state index >= 15 is 0 Å². The van der Waals surface area contributed by atoms with E-state index < -0.39 is 5.97 Å². The summed E-state index contributed by atoms with van der Waals surface area (Å²) in [5.41, 5.74) is 1.99. The number of aliphatic carboxylic acids is 1. The van der Waals surface area contributed by atoms with Crippen molar-refractivity contribution in [2.75, 3.05) is 7.05 Å². The van der Waals surface area contributed by atoms with Crippen molar-refractivity contribution in [3.8, 4) is 0 Å². The van der Waals surface area contributed by atoms with Crippen molar-refractivity contribution in [3.63, 3.8) is 0 Å². The predicted octanol–water partition coefficient (Wildman–Crippen LogP) is 4.23. The molecule has 0 amide bonds. The molecule has 120 valence electrons. The fourth-order valence-electron chi connectivity index (χ4n) is 4.36. The molecule has 0 atom stereocenters. The van der Waals surface area contributed by atoms with Crippen LogP contribution in [0.5, 0.6) is 0 Å². The van der Waals surface area contributed by atoms with Gasteiger partial charge in [-0.05, 0) is 66.3 Å². The zero-order valence-electron chi connectivity index (χ0n) is 14.3. The first-order chi connectivity index (χ1) is 9.65. The Morgan fingerprint density at radius 2 is 1.52 bits per heavy atom. The second-order valence-corrected chi connectivity index (χ2v) is 8.19. The van der Waals surface area contributed by atoms with Gasteiger partial charge in [-0.3, -0.25) is 4.90 Å². The summed E-state index contributed by atoms with van der Waals surface area (Å²) in [5.74, 6) is -0.394. The summed E-state index contributed by atoms with van der Waals surface area (Å²) >= 11 is 0. The molecule has 2 rings (SSSR count). The van der Waals surface area contributed by atoms with Crippen LogP contribution in [0, 0.1) is 5.92 Å². The molecule has 0 aromatic rings. The predicted molar refractivity (Wildman–Crippen MR) is 86.4 cm³/mol. The van der Waals surface area contributed by atoms with Crippen LogP contribution in [0.4, 0.5) is 0 Å². The summed E-state index contributed by atoms with van der Waals surface area (Å²) in [7, 11) is 2.16. The van der Waals surface area contributed by atoms with Crippen LogP contribution in [-0.4, -0.2) is 34.1 Å². The molecule has 3 nitrogen and oxygen atoms in total. The Labute approximate surface area is 129 Å². The van der Waals surface area contributed by atoms with E-state index in [0.717, 1.165) is 31.3 Å². The molecule has 0 bridgehead atoms. The number of hydrogen-bond donors (Lipinski definition) is 1. The van der Waals surface area contributed by atoms with E-state index in [0.29, 0.717) is 0 Å². The number of likely N-dealkylation sites (tertiary alicyclic amines) is 1. The summed E-state index contributed by atoms with van der Waals surface area (Å²) in [5, 5.41) is 9.81. The Kier molecular flexibility index (Phi) is 4.53. The van der Waals surface area contributed by atoms with Crippen LogP contribution in [0.1, 0.15) is 72.6 Å². The summed E-state index contributed by atoms with van der Waals surface area (Å²) in [6, 6.07) is 0. The standard InChI is InChI=1S/C18H31NO2/c1-17(2)11-14(12-18(3,4)19(17)5)15(16(20)21)13-9-7-6-8-10-13/h13H,6-12H2,1-5H3,(H,20,21). The first-order valence-electron chi connectivity index (χ1n) is 8.34. The summed E-state index contributed by atoms with van der Waals surface area (Å²) in [6.45, 7) is 8.92. The van der Waals surface area contributed by atoms with Crippen LogP contribution in [0.15, 0.2) is 11.1 Å². The maximum atomic E-state index is 11.9. The molecule has 2 aliphatic rings. The highest BCUT2D eigenvalue weighted by Gasteiger charge is 2.43. The van der Waals surface area contributed by atoms with Gasteiger partial charge < -0.3 is 5.11 Å². The molecule has 1 saturated heterocycles. The lowest BCUT2D eigenvalue weighted by Crippen LogP contribution is -2.57. The first kappa shape index (κ1) is 16.5. The second-order valence-electron chi connectivity index (χ2n) is 8.19. The molecule has 21 heavy (non-hydrogen) atoms. The zero-order chi connectivity index (χ0) is 15.8. The number of carbonyl (C=O) groups is 1. The van der Waals surface area contributed by atoms with Gasteiger partial charge in [-0.15, -0.1) is 0 Å². The van der Waals surface area contributed by atoms with Gasteiger partial charge in [0.1, 0.15) is 0 Å². The summed E-state index contributed by atoms with van der Waals surface area (Å²) in [4.78, 5) is 14.3. The van der Waals surface area contributed by atoms with E-state index in [4.69, 9.17) is 0 Å². The van der Waals surface area contributed by atoms with Gasteiger partial charge in [0.15, 0.2) is 0 Å². The first-order valence-corrected chi connectivity index (χ1v) is 8.34. The van der Waals surface area contributed by atoms with Gasteiger partial charge in [0.2, 0.25) is 0 Å². The molecular formula is C18H31NO2. The summed E-state index contributed by atoms with van der Waals surface area (Å²) in [6.07, 6.45) is 7.50. The number of nitrogens with zero attached hydrogens (tertiary/aromatic N) is 1. The molecule has 3 heteroatoms. The molecule has 0 aromatic carbocycles. The average Bonchev–Trinajstić information content (AvgIpc) is 2.36. The van der Waals surface area contributed by atoms with Crippen molar-refractivity contribution in [1.29, 1.82) is 0 Å². The van der Waals surface area contributed by atoms with Gasteiger partial charge in [0.05, 0.1) is 0 Å². The minimum atomic E-state index is -0.673. The van der Waals surface area contributed by atoms with Crippen LogP contribution >= 0.6 is 0 Å². The number of rotatable bonds is 2. The van der Waals surface area contributed by atoms with Crippen molar-refractivity contribution in [1.82, 2.24) is 4.90 Å². The molecule has 1 aliphatic carbocycles. The molecule has 1 N–H and O–H groups in total. The highest BCUT2D eigenvalue weighted by atomic mass is 16.4. The lowest BCUT2D eigenvalue weighted by molar-refractivity contribution is -0.133. The van der Waals surface area contributed by atoms with E-state index in [9.17, 15) is 9.90 Å². The van der Waals surface area contributed by atoms with E-state index in [1.165, 1.54) is 24.8 Å². The molecular weight excluding hydrogens is 262 g/mol. The van der Waals surface area contributed by atoms with Gasteiger partial charge in [-0.1, -0.05) is 24.8 Å². The molecule has 0 spiro atoms. The fourth-order valence-corrected chi connectivity index (χ4v) is 4.36. The highest BCUT2D eigenvalue weighted by Crippen LogP contribution is 2.43. The van der Waals surface area contributed by atoms with Crippen molar-refractivity contribution in [2.24, 2.45) is 5.92 Å². The molecule has 0 radical (unpaired) electrons. The van der Waals surface area contributed by atoms with Gasteiger partial charge in [-0.25, -0.2) is 4.79 Å². The lowest BCUT2D eigenvalue weighted by Gasteiger charge is -2.52. The van der Waals surface area contributed by atoms with Crippen LogP contribution < -0.4 is 0 Å². The van der Waals surface area contributed by atoms with Gasteiger partial charge >= 0.3 is 5.97 Å². The van der Waals surface area contributed by atoms with Gasteiger partial charge in [0.25, 0.3) is 0 Å². The largest absolute Gasteiger partial charge is 0.478 e. The van der Waals surface area contributed by atoms with Crippen LogP contribution in [0.3, 0.4) is 0 Å². The molecule has 1 saturated carbocycles. The Morgan fingerprint density at radius 3 is 1.95 bits per heavy atom. The van der Waals surface area contributed by atoms with Crippen molar-refractivity contribution in [2.45, 2.75) is 83.7 Å². The Balaban J connectivity index is 2.40. The van der Waals surface area contributed by atoms with E-state index in [-0.39, 0.29) is 17.0 Å².